The number of nitrogens with one attached hydrogen (secondary N) is 1. The van der Waals surface area contributed by atoms with Crippen LogP contribution in [0, 0.1) is 11.6 Å². The van der Waals surface area contributed by atoms with Gasteiger partial charge >= 0.3 is 5.97 Å². The van der Waals surface area contributed by atoms with Crippen molar-refractivity contribution in [2.75, 3.05) is 5.32 Å². The number of carbonyl (C=O) groups is 2. The van der Waals surface area contributed by atoms with E-state index < -0.39 is 22.9 Å². The van der Waals surface area contributed by atoms with Crippen LogP contribution in [0.1, 0.15) is 47.0 Å². The summed E-state index contributed by atoms with van der Waals surface area (Å²) in [5.41, 5.74) is -0.0989. The molecule has 4 nitrogen and oxygen atoms in total. The molecule has 0 saturated heterocycles. The van der Waals surface area contributed by atoms with Crippen molar-refractivity contribution in [2.45, 2.75) is 63.2 Å². The highest BCUT2D eigenvalue weighted by atomic mass is 32.2. The molecule has 0 aliphatic rings. The van der Waals surface area contributed by atoms with E-state index in [9.17, 15) is 18.4 Å². The summed E-state index contributed by atoms with van der Waals surface area (Å²) >= 11 is 0.980. The van der Waals surface area contributed by atoms with Gasteiger partial charge < -0.3 is 10.1 Å². The molecule has 0 aliphatic heterocycles. The van der Waals surface area contributed by atoms with Gasteiger partial charge in [0.15, 0.2) is 0 Å². The number of hydrogen-bond acceptors (Lipinski definition) is 4. The van der Waals surface area contributed by atoms with Gasteiger partial charge in [0.1, 0.15) is 16.9 Å². The summed E-state index contributed by atoms with van der Waals surface area (Å²) < 4.78 is 33.0. The minimum atomic E-state index is -0.851. The number of anilines is 1. The number of amides is 1. The SMILES string of the molecule is CCCC(Sc1cc(NC(=O)CC)c(F)cc1F)C(=O)OC(C)C. The Hall–Kier alpha value is -1.63. The number of ether oxygens (including phenoxy) is 1. The first-order valence-corrected chi connectivity index (χ1v) is 8.82. The predicted molar refractivity (Wildman–Crippen MR) is 91.1 cm³/mol. The number of hydrogen-bond donors (Lipinski definition) is 1. The number of rotatable bonds is 8. The van der Waals surface area contributed by atoms with E-state index >= 15 is 0 Å². The maximum Gasteiger partial charge on any atom is 0.319 e. The lowest BCUT2D eigenvalue weighted by molar-refractivity contribution is -0.146. The van der Waals surface area contributed by atoms with Gasteiger partial charge in [0, 0.05) is 17.4 Å². The summed E-state index contributed by atoms with van der Waals surface area (Å²) in [7, 11) is 0. The molecule has 0 aromatic heterocycles. The van der Waals surface area contributed by atoms with Crippen LogP contribution in [0.5, 0.6) is 0 Å². The maximum absolute atomic E-state index is 14.1. The molecule has 1 rings (SSSR count). The van der Waals surface area contributed by atoms with E-state index in [-0.39, 0.29) is 29.0 Å². The molecule has 0 saturated carbocycles. The Morgan fingerprint density at radius 1 is 1.21 bits per heavy atom. The molecular formula is C17H23F2NO3S. The van der Waals surface area contributed by atoms with Gasteiger partial charge in [-0.15, -0.1) is 11.8 Å². The summed E-state index contributed by atoms with van der Waals surface area (Å²) in [6.07, 6.45) is 1.13. The molecule has 1 aromatic rings. The third kappa shape index (κ3) is 6.11. The van der Waals surface area contributed by atoms with Crippen LogP contribution in [0.25, 0.3) is 0 Å². The van der Waals surface area contributed by atoms with Crippen molar-refractivity contribution in [1.82, 2.24) is 0 Å². The summed E-state index contributed by atoms with van der Waals surface area (Å²) in [6, 6.07) is 1.93. The van der Waals surface area contributed by atoms with Gasteiger partial charge in [-0.05, 0) is 26.3 Å². The third-order valence-electron chi connectivity index (χ3n) is 3.05. The second-order valence-corrected chi connectivity index (χ2v) is 6.79. The maximum atomic E-state index is 14.1. The monoisotopic (exact) mass is 359 g/mol. The molecule has 1 aromatic carbocycles. The molecule has 1 N–H and O–H groups in total. The molecule has 0 radical (unpaired) electrons. The van der Waals surface area contributed by atoms with Gasteiger partial charge in [-0.1, -0.05) is 20.3 Å². The first kappa shape index (κ1) is 20.4. The molecule has 134 valence electrons. The molecule has 1 unspecified atom stereocenters. The van der Waals surface area contributed by atoms with E-state index in [2.05, 4.69) is 5.32 Å². The van der Waals surface area contributed by atoms with Crippen LogP contribution in [-0.4, -0.2) is 23.2 Å². The highest BCUT2D eigenvalue weighted by Gasteiger charge is 2.24. The van der Waals surface area contributed by atoms with Crippen LogP contribution >= 0.6 is 11.8 Å². The zero-order chi connectivity index (χ0) is 18.3. The van der Waals surface area contributed by atoms with Crippen molar-refractivity contribution in [2.24, 2.45) is 0 Å². The number of carbonyl (C=O) groups excluding carboxylic acids is 2. The Morgan fingerprint density at radius 2 is 1.88 bits per heavy atom. The zero-order valence-corrected chi connectivity index (χ0v) is 15.1. The smallest absolute Gasteiger partial charge is 0.319 e. The average molecular weight is 359 g/mol. The van der Waals surface area contributed by atoms with Gasteiger partial charge in [0.2, 0.25) is 5.91 Å². The van der Waals surface area contributed by atoms with Crippen LogP contribution < -0.4 is 5.32 Å². The van der Waals surface area contributed by atoms with E-state index in [0.717, 1.165) is 11.8 Å². The van der Waals surface area contributed by atoms with Gasteiger partial charge in [-0.3, -0.25) is 9.59 Å². The van der Waals surface area contributed by atoms with E-state index in [1.807, 2.05) is 6.92 Å². The van der Waals surface area contributed by atoms with Crippen LogP contribution in [0.2, 0.25) is 0 Å². The summed E-state index contributed by atoms with van der Waals surface area (Å²) in [4.78, 5) is 23.7. The highest BCUT2D eigenvalue weighted by molar-refractivity contribution is 8.00. The molecule has 0 spiro atoms. The van der Waals surface area contributed by atoms with Crippen molar-refractivity contribution < 1.29 is 23.1 Å². The van der Waals surface area contributed by atoms with Crippen molar-refractivity contribution in [3.05, 3.63) is 23.8 Å². The lowest BCUT2D eigenvalue weighted by Gasteiger charge is -2.18. The topological polar surface area (TPSA) is 55.4 Å². The second kappa shape index (κ2) is 9.61. The predicted octanol–water partition coefficient (Wildman–Crippen LogP) is 4.53. The first-order chi connectivity index (χ1) is 11.3. The molecule has 0 heterocycles. The van der Waals surface area contributed by atoms with Gasteiger partial charge in [0.05, 0.1) is 11.8 Å². The average Bonchev–Trinajstić information content (AvgIpc) is 2.50. The molecule has 7 heteroatoms. The molecule has 0 aliphatic carbocycles. The number of benzene rings is 1. The minimum Gasteiger partial charge on any atom is -0.462 e. The first-order valence-electron chi connectivity index (χ1n) is 7.94. The lowest BCUT2D eigenvalue weighted by Crippen LogP contribution is -2.23. The van der Waals surface area contributed by atoms with E-state index in [1.165, 1.54) is 6.07 Å². The van der Waals surface area contributed by atoms with Crippen LogP contribution in [-0.2, 0) is 14.3 Å². The Morgan fingerprint density at radius 3 is 2.42 bits per heavy atom. The number of halogens is 2. The van der Waals surface area contributed by atoms with Crippen molar-refractivity contribution in [3.8, 4) is 0 Å². The van der Waals surface area contributed by atoms with Crippen LogP contribution in [0.4, 0.5) is 14.5 Å². The van der Waals surface area contributed by atoms with Crippen molar-refractivity contribution in [3.63, 3.8) is 0 Å². The van der Waals surface area contributed by atoms with Gasteiger partial charge in [0.25, 0.3) is 0 Å². The fraction of sp³-hybridized carbons (Fsp3) is 0.529. The summed E-state index contributed by atoms with van der Waals surface area (Å²) in [5, 5.41) is 1.79. The normalized spacial score (nSPS) is 12.1. The van der Waals surface area contributed by atoms with Crippen molar-refractivity contribution >= 4 is 29.3 Å². The number of thioether (sulfide) groups is 1. The zero-order valence-electron chi connectivity index (χ0n) is 14.3. The standard InChI is InChI=1S/C17H23F2NO3S/c1-5-7-14(17(22)23-10(3)4)24-15-9-13(20-16(21)6-2)11(18)8-12(15)19/h8-10,14H,5-7H2,1-4H3,(H,20,21). The number of esters is 1. The molecule has 0 fully saturated rings. The fourth-order valence-electron chi connectivity index (χ4n) is 1.90. The van der Waals surface area contributed by atoms with E-state index in [1.54, 1.807) is 20.8 Å². The second-order valence-electron chi connectivity index (χ2n) is 5.55. The molecule has 24 heavy (non-hydrogen) atoms. The minimum absolute atomic E-state index is 0.0989. The van der Waals surface area contributed by atoms with Crippen LogP contribution in [0.15, 0.2) is 17.0 Å². The highest BCUT2D eigenvalue weighted by Crippen LogP contribution is 2.33. The Balaban J connectivity index is 3.03. The van der Waals surface area contributed by atoms with Crippen LogP contribution in [0.3, 0.4) is 0 Å². The Labute approximate surface area is 145 Å². The Kier molecular flexibility index (Phi) is 8.18. The van der Waals surface area contributed by atoms with Gasteiger partial charge in [-0.25, -0.2) is 8.78 Å². The van der Waals surface area contributed by atoms with Gasteiger partial charge in [-0.2, -0.15) is 0 Å². The van der Waals surface area contributed by atoms with E-state index in [0.29, 0.717) is 18.9 Å². The lowest BCUT2D eigenvalue weighted by atomic mass is 10.2. The molecule has 1 atom stereocenters. The molecule has 0 bridgehead atoms. The summed E-state index contributed by atoms with van der Waals surface area (Å²) in [5.74, 6) is -2.43. The largest absolute Gasteiger partial charge is 0.462 e. The fourth-order valence-corrected chi connectivity index (χ4v) is 3.07. The Bertz CT molecular complexity index is 593. The third-order valence-corrected chi connectivity index (χ3v) is 4.33. The molecular weight excluding hydrogens is 336 g/mol. The molecule has 1 amide bonds. The van der Waals surface area contributed by atoms with E-state index in [4.69, 9.17) is 4.74 Å². The summed E-state index contributed by atoms with van der Waals surface area (Å²) in [6.45, 7) is 7.01. The van der Waals surface area contributed by atoms with Crippen molar-refractivity contribution in [1.29, 1.82) is 0 Å². The quantitative estimate of drug-likeness (QED) is 0.547.